The number of aromatic nitrogens is 2. The lowest BCUT2D eigenvalue weighted by Gasteiger charge is -2.25. The highest BCUT2D eigenvalue weighted by atomic mass is 16.2. The predicted molar refractivity (Wildman–Crippen MR) is 172 cm³/mol. The number of hydrogen-bond donors (Lipinski definition) is 2. The van der Waals surface area contributed by atoms with Crippen LogP contribution in [0.1, 0.15) is 69.2 Å². The number of hydrogen-bond acceptors (Lipinski definition) is 6. The van der Waals surface area contributed by atoms with E-state index in [4.69, 9.17) is 4.98 Å². The van der Waals surface area contributed by atoms with E-state index in [0.29, 0.717) is 48.2 Å². The van der Waals surface area contributed by atoms with E-state index < -0.39 is 0 Å². The third kappa shape index (κ3) is 7.40. The SMILES string of the molecule is O=C(CCN1CCCCC1)Nc1ccc(/C=C2\CCn3c2nc2ccc(NC(=O)CCN4CCCCC4)cc2c3=O)cc1. The largest absolute Gasteiger partial charge is 0.326 e. The zero-order valence-electron chi connectivity index (χ0n) is 24.9. The van der Waals surface area contributed by atoms with Crippen molar-refractivity contribution in [2.24, 2.45) is 0 Å². The highest BCUT2D eigenvalue weighted by Crippen LogP contribution is 2.28. The number of amides is 2. The third-order valence-corrected chi connectivity index (χ3v) is 8.87. The van der Waals surface area contributed by atoms with Crippen LogP contribution >= 0.6 is 0 Å². The molecule has 0 radical (unpaired) electrons. The molecule has 3 aromatic rings. The Kier molecular flexibility index (Phi) is 9.29. The lowest BCUT2D eigenvalue weighted by Crippen LogP contribution is -2.32. The van der Waals surface area contributed by atoms with Gasteiger partial charge in [-0.25, -0.2) is 4.98 Å². The fraction of sp³-hybridized carbons (Fsp3) is 0.471. The molecule has 0 atom stereocenters. The summed E-state index contributed by atoms with van der Waals surface area (Å²) >= 11 is 0. The first kappa shape index (κ1) is 29.3. The van der Waals surface area contributed by atoms with Gasteiger partial charge in [0.15, 0.2) is 0 Å². The van der Waals surface area contributed by atoms with Gasteiger partial charge in [-0.2, -0.15) is 0 Å². The molecule has 3 aliphatic heterocycles. The second-order valence-electron chi connectivity index (χ2n) is 12.1. The third-order valence-electron chi connectivity index (χ3n) is 8.87. The second-order valence-corrected chi connectivity index (χ2v) is 12.1. The van der Waals surface area contributed by atoms with Gasteiger partial charge in [0, 0.05) is 43.9 Å². The van der Waals surface area contributed by atoms with Crippen molar-refractivity contribution in [3.63, 3.8) is 0 Å². The summed E-state index contributed by atoms with van der Waals surface area (Å²) in [5, 5.41) is 6.49. The quantitative estimate of drug-likeness (QED) is 0.370. The van der Waals surface area contributed by atoms with Crippen LogP contribution in [0.3, 0.4) is 0 Å². The number of rotatable bonds is 9. The van der Waals surface area contributed by atoms with Crippen molar-refractivity contribution < 1.29 is 9.59 Å². The Morgan fingerprint density at radius 2 is 1.33 bits per heavy atom. The van der Waals surface area contributed by atoms with Gasteiger partial charge in [0.05, 0.1) is 10.9 Å². The van der Waals surface area contributed by atoms with Crippen LogP contribution in [0.25, 0.3) is 22.6 Å². The summed E-state index contributed by atoms with van der Waals surface area (Å²) in [7, 11) is 0. The average molecular weight is 583 g/mol. The van der Waals surface area contributed by atoms with Crippen LogP contribution in [0.15, 0.2) is 47.3 Å². The molecule has 0 aliphatic carbocycles. The molecule has 2 fully saturated rings. The first-order chi connectivity index (χ1) is 21.0. The maximum absolute atomic E-state index is 13.4. The molecule has 0 bridgehead atoms. The van der Waals surface area contributed by atoms with Gasteiger partial charge in [0.1, 0.15) is 5.82 Å². The number of benzene rings is 2. The zero-order chi connectivity index (χ0) is 29.6. The number of anilines is 2. The summed E-state index contributed by atoms with van der Waals surface area (Å²) in [5.41, 5.74) is 3.95. The van der Waals surface area contributed by atoms with Crippen molar-refractivity contribution in [1.82, 2.24) is 19.4 Å². The standard InChI is InChI=1S/C34H42N6O3/c41-31(14-20-38-16-3-1-4-17-38)35-27-9-7-25(8-10-27)23-26-13-22-40-33(26)37-30-12-11-28(24-29(30)34(40)43)36-32(42)15-21-39-18-5-2-6-19-39/h7-12,23-24H,1-6,13-22H2,(H,35,41)(H,36,42)/b26-23+. The van der Waals surface area contributed by atoms with E-state index in [2.05, 4.69) is 26.5 Å². The molecule has 3 aliphatic rings. The van der Waals surface area contributed by atoms with Crippen molar-refractivity contribution in [2.75, 3.05) is 49.9 Å². The summed E-state index contributed by atoms with van der Waals surface area (Å²) in [6.07, 6.45) is 11.2. The zero-order valence-corrected chi connectivity index (χ0v) is 24.9. The van der Waals surface area contributed by atoms with Crippen LogP contribution in [-0.4, -0.2) is 70.4 Å². The Bertz CT molecular complexity index is 1550. The number of allylic oxidation sites excluding steroid dienone is 1. The molecule has 0 unspecified atom stereocenters. The van der Waals surface area contributed by atoms with Crippen LogP contribution in [0, 0.1) is 0 Å². The van der Waals surface area contributed by atoms with Gasteiger partial charge in [-0.1, -0.05) is 25.0 Å². The van der Waals surface area contributed by atoms with Crippen LogP contribution in [0.4, 0.5) is 11.4 Å². The first-order valence-electron chi connectivity index (χ1n) is 15.9. The number of nitrogens with one attached hydrogen (secondary N) is 2. The highest BCUT2D eigenvalue weighted by Gasteiger charge is 2.21. The van der Waals surface area contributed by atoms with Gasteiger partial charge in [-0.3, -0.25) is 19.0 Å². The minimum absolute atomic E-state index is 0.0348. The molecule has 2 saturated heterocycles. The number of piperidine rings is 2. The minimum Gasteiger partial charge on any atom is -0.326 e. The van der Waals surface area contributed by atoms with E-state index in [1.54, 1.807) is 10.6 Å². The van der Waals surface area contributed by atoms with Crippen molar-refractivity contribution in [3.8, 4) is 0 Å². The molecule has 0 spiro atoms. The molecule has 1 aromatic heterocycles. The van der Waals surface area contributed by atoms with Gasteiger partial charge >= 0.3 is 0 Å². The lowest BCUT2D eigenvalue weighted by molar-refractivity contribution is -0.117. The number of carbonyl (C=O) groups excluding carboxylic acids is 2. The molecule has 2 N–H and O–H groups in total. The fourth-order valence-corrected chi connectivity index (χ4v) is 6.43. The lowest BCUT2D eigenvalue weighted by atomic mass is 10.1. The Labute approximate surface area is 253 Å². The monoisotopic (exact) mass is 582 g/mol. The fourth-order valence-electron chi connectivity index (χ4n) is 6.43. The Balaban J connectivity index is 1.08. The van der Waals surface area contributed by atoms with E-state index in [1.165, 1.54) is 38.5 Å². The Morgan fingerprint density at radius 1 is 0.744 bits per heavy atom. The molecule has 9 nitrogen and oxygen atoms in total. The van der Waals surface area contributed by atoms with E-state index >= 15 is 0 Å². The van der Waals surface area contributed by atoms with E-state index in [0.717, 1.165) is 56.1 Å². The van der Waals surface area contributed by atoms with E-state index in [9.17, 15) is 14.4 Å². The van der Waals surface area contributed by atoms with Gasteiger partial charge in [0.25, 0.3) is 5.56 Å². The van der Waals surface area contributed by atoms with Crippen molar-refractivity contribution in [2.45, 2.75) is 64.3 Å². The van der Waals surface area contributed by atoms with E-state index in [-0.39, 0.29) is 17.4 Å². The second kappa shape index (κ2) is 13.7. The van der Waals surface area contributed by atoms with Crippen LogP contribution in [-0.2, 0) is 16.1 Å². The maximum Gasteiger partial charge on any atom is 0.261 e. The van der Waals surface area contributed by atoms with Crippen LogP contribution in [0.2, 0.25) is 0 Å². The molecule has 6 rings (SSSR count). The topological polar surface area (TPSA) is 99.6 Å². The predicted octanol–water partition coefficient (Wildman–Crippen LogP) is 4.97. The summed E-state index contributed by atoms with van der Waals surface area (Å²) in [6.45, 7) is 6.46. The minimum atomic E-state index is -0.0876. The Hall–Kier alpha value is -3.82. The van der Waals surface area contributed by atoms with Crippen molar-refractivity contribution >= 4 is 45.7 Å². The molecular weight excluding hydrogens is 540 g/mol. The molecule has 4 heterocycles. The normalized spacial score (nSPS) is 18.6. The van der Waals surface area contributed by atoms with E-state index in [1.807, 2.05) is 36.4 Å². The molecule has 0 saturated carbocycles. The summed E-state index contributed by atoms with van der Waals surface area (Å²) < 4.78 is 1.73. The number of nitrogens with zero attached hydrogens (tertiary/aromatic N) is 4. The highest BCUT2D eigenvalue weighted by molar-refractivity contribution is 5.94. The van der Waals surface area contributed by atoms with Gasteiger partial charge < -0.3 is 20.4 Å². The average Bonchev–Trinajstić information content (AvgIpc) is 3.44. The van der Waals surface area contributed by atoms with Crippen molar-refractivity contribution in [3.05, 3.63) is 64.2 Å². The van der Waals surface area contributed by atoms with Crippen LogP contribution < -0.4 is 16.2 Å². The molecule has 2 amide bonds. The first-order valence-corrected chi connectivity index (χ1v) is 15.9. The summed E-state index contributed by atoms with van der Waals surface area (Å²) in [5.74, 6) is 0.690. The summed E-state index contributed by atoms with van der Waals surface area (Å²) in [4.78, 5) is 48.0. The van der Waals surface area contributed by atoms with Crippen LogP contribution in [0.5, 0.6) is 0 Å². The number of fused-ring (bicyclic) bond motifs is 2. The van der Waals surface area contributed by atoms with Crippen molar-refractivity contribution in [1.29, 1.82) is 0 Å². The summed E-state index contributed by atoms with van der Waals surface area (Å²) in [6, 6.07) is 13.2. The Morgan fingerprint density at radius 3 is 1.95 bits per heavy atom. The molecule has 9 heteroatoms. The smallest absolute Gasteiger partial charge is 0.261 e. The van der Waals surface area contributed by atoms with Gasteiger partial charge in [-0.15, -0.1) is 0 Å². The number of likely N-dealkylation sites (tertiary alicyclic amines) is 2. The number of carbonyl (C=O) groups is 2. The molecule has 43 heavy (non-hydrogen) atoms. The molecule has 226 valence electrons. The molecule has 2 aromatic carbocycles. The maximum atomic E-state index is 13.4. The van der Waals surface area contributed by atoms with Gasteiger partial charge in [0.2, 0.25) is 11.8 Å². The van der Waals surface area contributed by atoms with Gasteiger partial charge in [-0.05, 0) is 106 Å². The molecular formula is C34H42N6O3.